The lowest BCUT2D eigenvalue weighted by molar-refractivity contribution is 0.602. The molecule has 0 amide bonds. The lowest BCUT2D eigenvalue weighted by atomic mass is 10.1. The first-order chi connectivity index (χ1) is 10.3. The molecule has 116 valence electrons. The van der Waals surface area contributed by atoms with Gasteiger partial charge in [-0.05, 0) is 60.0 Å². The van der Waals surface area contributed by atoms with Crippen molar-refractivity contribution in [2.45, 2.75) is 26.5 Å². The monoisotopic (exact) mass is 381 g/mol. The fourth-order valence-corrected chi connectivity index (χ4v) is 4.27. The Kier molecular flexibility index (Phi) is 3.65. The molecule has 0 aliphatic carbocycles. The third-order valence-corrected chi connectivity index (χ3v) is 5.59. The van der Waals surface area contributed by atoms with Gasteiger partial charge >= 0.3 is 0 Å². The zero-order chi connectivity index (χ0) is 16.1. The van der Waals surface area contributed by atoms with Crippen molar-refractivity contribution in [3.63, 3.8) is 0 Å². The third kappa shape index (κ3) is 2.70. The highest BCUT2D eigenvalue weighted by atomic mass is 79.9. The van der Waals surface area contributed by atoms with Gasteiger partial charge < -0.3 is 5.32 Å². The van der Waals surface area contributed by atoms with Crippen LogP contribution in [0.15, 0.2) is 22.7 Å². The molecule has 0 unspecified atom stereocenters. The topological polar surface area (TPSA) is 71.1 Å². The molecule has 0 bridgehead atoms. The van der Waals surface area contributed by atoms with Crippen LogP contribution in [0.1, 0.15) is 22.4 Å². The molecule has 2 aromatic rings. The predicted molar refractivity (Wildman–Crippen MR) is 92.1 cm³/mol. The quantitative estimate of drug-likeness (QED) is 0.830. The summed E-state index contributed by atoms with van der Waals surface area (Å²) in [5.41, 5.74) is 5.19. The fourth-order valence-electron chi connectivity index (χ4n) is 2.46. The lowest BCUT2D eigenvalue weighted by Crippen LogP contribution is -2.05. The van der Waals surface area contributed by atoms with Crippen LogP contribution in [-0.4, -0.2) is 13.4 Å². The Morgan fingerprint density at radius 3 is 2.68 bits per heavy atom. The van der Waals surface area contributed by atoms with Gasteiger partial charge in [0.05, 0.1) is 15.9 Å². The van der Waals surface area contributed by atoms with Gasteiger partial charge in [0.25, 0.3) is 0 Å². The van der Waals surface area contributed by atoms with E-state index in [2.05, 4.69) is 31.0 Å². The van der Waals surface area contributed by atoms with E-state index in [-0.39, 0.29) is 5.75 Å². The van der Waals surface area contributed by atoms with Gasteiger partial charge in [-0.2, -0.15) is 0 Å². The number of nitrogens with zero attached hydrogens (tertiary/aromatic N) is 1. The van der Waals surface area contributed by atoms with Crippen molar-refractivity contribution in [3.8, 4) is 0 Å². The molecule has 0 saturated heterocycles. The molecule has 3 rings (SSSR count). The number of hydrogen-bond acceptors (Lipinski definition) is 4. The minimum Gasteiger partial charge on any atom is -0.339 e. The van der Waals surface area contributed by atoms with Crippen LogP contribution in [0, 0.1) is 20.8 Å². The summed E-state index contributed by atoms with van der Waals surface area (Å²) in [6, 6.07) is 5.69. The van der Waals surface area contributed by atoms with E-state index in [1.807, 2.05) is 32.9 Å². The average Bonchev–Trinajstić information content (AvgIpc) is 2.73. The number of pyridine rings is 1. The molecule has 1 aromatic carbocycles. The van der Waals surface area contributed by atoms with Gasteiger partial charge in [0.2, 0.25) is 10.0 Å². The van der Waals surface area contributed by atoms with E-state index in [0.717, 1.165) is 32.5 Å². The summed E-state index contributed by atoms with van der Waals surface area (Å²) < 4.78 is 27.0. The van der Waals surface area contributed by atoms with Crippen LogP contribution < -0.4 is 10.0 Å². The molecule has 2 heterocycles. The summed E-state index contributed by atoms with van der Waals surface area (Å²) in [6.07, 6.45) is 0. The number of anilines is 3. The molecule has 0 radical (unpaired) electrons. The maximum atomic E-state index is 11.8. The molecule has 2 N–H and O–H groups in total. The Bertz CT molecular complexity index is 879. The summed E-state index contributed by atoms with van der Waals surface area (Å²) in [5, 5.41) is 3.28. The van der Waals surface area contributed by atoms with Crippen molar-refractivity contribution in [1.82, 2.24) is 4.98 Å². The van der Waals surface area contributed by atoms with Gasteiger partial charge in [0.15, 0.2) is 0 Å². The number of rotatable bonds is 2. The van der Waals surface area contributed by atoms with Gasteiger partial charge in [0.1, 0.15) is 5.82 Å². The Morgan fingerprint density at radius 1 is 1.23 bits per heavy atom. The molecular weight excluding hydrogens is 366 g/mol. The Morgan fingerprint density at radius 2 is 1.95 bits per heavy atom. The molecular formula is C15H16BrN3O2S. The zero-order valence-corrected chi connectivity index (χ0v) is 14.9. The van der Waals surface area contributed by atoms with Gasteiger partial charge in [-0.3, -0.25) is 4.72 Å². The molecule has 0 spiro atoms. The molecule has 1 aliphatic rings. The number of aromatic nitrogens is 1. The second-order valence-electron chi connectivity index (χ2n) is 5.49. The van der Waals surface area contributed by atoms with E-state index in [9.17, 15) is 8.42 Å². The van der Waals surface area contributed by atoms with Gasteiger partial charge in [0, 0.05) is 16.9 Å². The second-order valence-corrected chi connectivity index (χ2v) is 8.07. The van der Waals surface area contributed by atoms with Crippen molar-refractivity contribution >= 4 is 43.1 Å². The van der Waals surface area contributed by atoms with Gasteiger partial charge in [-0.15, -0.1) is 0 Å². The lowest BCUT2D eigenvalue weighted by Gasteiger charge is -2.15. The van der Waals surface area contributed by atoms with Crippen molar-refractivity contribution in [2.24, 2.45) is 0 Å². The predicted octanol–water partition coefficient (Wildman–Crippen LogP) is 3.77. The summed E-state index contributed by atoms with van der Waals surface area (Å²) in [5.74, 6) is 0.665. The molecule has 7 heteroatoms. The van der Waals surface area contributed by atoms with Crippen LogP contribution in [-0.2, 0) is 15.8 Å². The Balaban J connectivity index is 2.08. The van der Waals surface area contributed by atoms with E-state index < -0.39 is 10.0 Å². The number of aryl methyl sites for hydroxylation is 3. The van der Waals surface area contributed by atoms with E-state index >= 15 is 0 Å². The van der Waals surface area contributed by atoms with Crippen molar-refractivity contribution < 1.29 is 8.42 Å². The number of sulfonamides is 1. The summed E-state index contributed by atoms with van der Waals surface area (Å²) in [7, 11) is -3.28. The smallest absolute Gasteiger partial charge is 0.237 e. The van der Waals surface area contributed by atoms with E-state index in [1.165, 1.54) is 0 Å². The largest absolute Gasteiger partial charge is 0.339 e. The minimum absolute atomic E-state index is 0.0190. The first kappa shape index (κ1) is 15.3. The van der Waals surface area contributed by atoms with E-state index in [0.29, 0.717) is 11.5 Å². The van der Waals surface area contributed by atoms with E-state index in [1.54, 1.807) is 6.07 Å². The molecule has 0 atom stereocenters. The first-order valence-corrected chi connectivity index (χ1v) is 9.25. The maximum absolute atomic E-state index is 11.8. The van der Waals surface area contributed by atoms with Crippen LogP contribution in [0.5, 0.6) is 0 Å². The van der Waals surface area contributed by atoms with Crippen LogP contribution in [0.25, 0.3) is 0 Å². The third-order valence-electron chi connectivity index (χ3n) is 3.78. The van der Waals surface area contributed by atoms with Crippen LogP contribution in [0.3, 0.4) is 0 Å². The maximum Gasteiger partial charge on any atom is 0.237 e. The Hall–Kier alpha value is -1.60. The van der Waals surface area contributed by atoms with E-state index in [4.69, 9.17) is 0 Å². The highest BCUT2D eigenvalue weighted by Crippen LogP contribution is 2.38. The number of benzene rings is 1. The Labute approximate surface area is 138 Å². The standard InChI is InChI=1S/C15H16BrN3O2S/c1-8-4-5-13-11(7-22(20,21)19-13)14(8)18-15-12(16)6-9(2)10(3)17-15/h4-6,19H,7H2,1-3H3,(H,17,18). The van der Waals surface area contributed by atoms with Crippen LogP contribution in [0.4, 0.5) is 17.2 Å². The molecule has 1 aliphatic heterocycles. The summed E-state index contributed by atoms with van der Waals surface area (Å²) >= 11 is 3.51. The van der Waals surface area contributed by atoms with Crippen molar-refractivity contribution in [1.29, 1.82) is 0 Å². The molecule has 0 saturated carbocycles. The minimum atomic E-state index is -3.28. The van der Waals surface area contributed by atoms with Crippen molar-refractivity contribution in [3.05, 3.63) is 45.1 Å². The van der Waals surface area contributed by atoms with Gasteiger partial charge in [-0.1, -0.05) is 6.07 Å². The van der Waals surface area contributed by atoms with Crippen molar-refractivity contribution in [2.75, 3.05) is 10.0 Å². The normalized spacial score (nSPS) is 15.3. The van der Waals surface area contributed by atoms with Crippen LogP contribution in [0.2, 0.25) is 0 Å². The fraction of sp³-hybridized carbons (Fsp3) is 0.267. The molecule has 5 nitrogen and oxygen atoms in total. The summed E-state index contributed by atoms with van der Waals surface area (Å²) in [4.78, 5) is 4.54. The van der Waals surface area contributed by atoms with Crippen LogP contribution >= 0.6 is 15.9 Å². The van der Waals surface area contributed by atoms with Gasteiger partial charge in [-0.25, -0.2) is 13.4 Å². The highest BCUT2D eigenvalue weighted by Gasteiger charge is 2.27. The highest BCUT2D eigenvalue weighted by molar-refractivity contribution is 9.10. The summed E-state index contributed by atoms with van der Waals surface area (Å²) in [6.45, 7) is 5.89. The average molecular weight is 382 g/mol. The number of fused-ring (bicyclic) bond motifs is 1. The molecule has 22 heavy (non-hydrogen) atoms. The number of hydrogen-bond donors (Lipinski definition) is 2. The number of halogens is 1. The molecule has 0 fully saturated rings. The second kappa shape index (κ2) is 5.24. The number of nitrogens with one attached hydrogen (secondary N) is 2. The molecule has 1 aromatic heterocycles. The first-order valence-electron chi connectivity index (χ1n) is 6.80. The zero-order valence-electron chi connectivity index (χ0n) is 12.5. The SMILES string of the molecule is Cc1cc(Br)c(Nc2c(C)ccc3c2CS(=O)(=O)N3)nc1C.